The molecule has 3 heteroatoms. The van der Waals surface area contributed by atoms with E-state index in [1.165, 1.54) is 33.0 Å². The molecular weight excluding hydrogens is 433 g/mol. The molecule has 1 aliphatic heterocycles. The summed E-state index contributed by atoms with van der Waals surface area (Å²) in [6.45, 7) is 6.45. The summed E-state index contributed by atoms with van der Waals surface area (Å²) in [6.07, 6.45) is 1.95. The predicted molar refractivity (Wildman–Crippen MR) is 146 cm³/mol. The predicted octanol–water partition coefficient (Wildman–Crippen LogP) is 7.54. The summed E-state index contributed by atoms with van der Waals surface area (Å²) in [7, 11) is -0.668. The average molecular weight is 464 g/mol. The molecular formula is C31H30NOP. The fourth-order valence-electron chi connectivity index (χ4n) is 5.44. The van der Waals surface area contributed by atoms with Crippen LogP contribution in [0.25, 0.3) is 0 Å². The third kappa shape index (κ3) is 3.87. The molecule has 34 heavy (non-hydrogen) atoms. The molecule has 0 aromatic heterocycles. The van der Waals surface area contributed by atoms with Crippen molar-refractivity contribution in [2.24, 2.45) is 4.99 Å². The van der Waals surface area contributed by atoms with E-state index >= 15 is 0 Å². The minimum atomic E-state index is -0.668. The number of aryl methyl sites for hydroxylation is 3. The number of hydrogen-bond acceptors (Lipinski definition) is 2. The fraction of sp³-hybridized carbons (Fsp3) is 0.194. The highest BCUT2D eigenvalue weighted by molar-refractivity contribution is 7.82. The molecule has 0 radical (unpaired) electrons. The van der Waals surface area contributed by atoms with Gasteiger partial charge in [0.2, 0.25) is 0 Å². The van der Waals surface area contributed by atoms with Crippen LogP contribution in [-0.4, -0.2) is 16.7 Å². The Hall–Kier alpha value is -3.22. The van der Waals surface area contributed by atoms with Crippen molar-refractivity contribution >= 4 is 24.4 Å². The Bertz CT molecular complexity index is 1320. The summed E-state index contributed by atoms with van der Waals surface area (Å²) in [4.78, 5) is 5.54. The number of rotatable bonds is 4. The zero-order valence-corrected chi connectivity index (χ0v) is 20.9. The topological polar surface area (TPSA) is 32.6 Å². The molecule has 0 amide bonds. The highest BCUT2D eigenvalue weighted by atomic mass is 31.1. The minimum Gasteiger partial charge on any atom is -0.508 e. The van der Waals surface area contributed by atoms with Crippen LogP contribution in [0.15, 0.2) is 102 Å². The maximum absolute atomic E-state index is 11.1. The number of phenolic OH excluding ortho intramolecular Hbond substituents is 1. The van der Waals surface area contributed by atoms with Crippen LogP contribution < -0.4 is 5.30 Å². The van der Waals surface area contributed by atoms with Gasteiger partial charge in [0.25, 0.3) is 0 Å². The summed E-state index contributed by atoms with van der Waals surface area (Å²) in [6, 6.07) is 33.7. The van der Waals surface area contributed by atoms with Crippen LogP contribution in [0.4, 0.5) is 5.69 Å². The monoisotopic (exact) mass is 463 g/mol. The van der Waals surface area contributed by atoms with E-state index in [9.17, 15) is 5.11 Å². The summed E-state index contributed by atoms with van der Waals surface area (Å²) in [5.41, 5.74) is 7.54. The highest BCUT2D eigenvalue weighted by Gasteiger charge is 2.49. The first-order chi connectivity index (χ1) is 16.5. The third-order valence-corrected chi connectivity index (χ3v) is 9.48. The molecule has 0 aliphatic carbocycles. The van der Waals surface area contributed by atoms with Crippen LogP contribution in [0.3, 0.4) is 0 Å². The molecule has 0 spiro atoms. The quantitative estimate of drug-likeness (QED) is 0.312. The Kier molecular flexibility index (Phi) is 6.11. The van der Waals surface area contributed by atoms with Crippen LogP contribution >= 0.6 is 7.92 Å². The summed E-state index contributed by atoms with van der Waals surface area (Å²) >= 11 is 0. The van der Waals surface area contributed by atoms with Gasteiger partial charge < -0.3 is 5.11 Å². The number of aromatic hydroxyl groups is 1. The number of benzene rings is 4. The van der Waals surface area contributed by atoms with Gasteiger partial charge in [-0.25, -0.2) is 0 Å². The molecule has 1 aliphatic rings. The Morgan fingerprint density at radius 2 is 1.35 bits per heavy atom. The van der Waals surface area contributed by atoms with Crippen molar-refractivity contribution < 1.29 is 5.11 Å². The van der Waals surface area contributed by atoms with Crippen molar-refractivity contribution in [2.75, 3.05) is 6.16 Å². The Labute approximate surface area is 203 Å². The molecule has 1 N–H and O–H groups in total. The second kappa shape index (κ2) is 9.20. The zero-order chi connectivity index (χ0) is 23.7. The average Bonchev–Trinajstić information content (AvgIpc) is 3.22. The first kappa shape index (κ1) is 22.6. The molecule has 4 aromatic rings. The van der Waals surface area contributed by atoms with Gasteiger partial charge in [-0.2, -0.15) is 0 Å². The molecule has 2 nitrogen and oxygen atoms in total. The molecule has 170 valence electrons. The summed E-state index contributed by atoms with van der Waals surface area (Å²) < 4.78 is 0. The lowest BCUT2D eigenvalue weighted by Gasteiger charge is -2.33. The molecule has 4 aromatic carbocycles. The van der Waals surface area contributed by atoms with E-state index in [-0.39, 0.29) is 0 Å². The fourth-order valence-corrected chi connectivity index (χ4v) is 8.29. The molecule has 2 unspecified atom stereocenters. The van der Waals surface area contributed by atoms with Crippen LogP contribution in [-0.2, 0) is 5.41 Å². The lowest BCUT2D eigenvalue weighted by atomic mass is 9.73. The lowest BCUT2D eigenvalue weighted by Crippen LogP contribution is -2.33. The Morgan fingerprint density at radius 3 is 2.00 bits per heavy atom. The van der Waals surface area contributed by atoms with Crippen molar-refractivity contribution in [1.82, 2.24) is 0 Å². The van der Waals surface area contributed by atoms with Gasteiger partial charge >= 0.3 is 0 Å². The van der Waals surface area contributed by atoms with Gasteiger partial charge in [-0.3, -0.25) is 4.99 Å². The van der Waals surface area contributed by atoms with Gasteiger partial charge in [0.15, 0.2) is 0 Å². The Balaban J connectivity index is 1.84. The van der Waals surface area contributed by atoms with E-state index < -0.39 is 13.3 Å². The molecule has 1 fully saturated rings. The summed E-state index contributed by atoms with van der Waals surface area (Å²) in [5, 5.41) is 12.5. The van der Waals surface area contributed by atoms with Crippen LogP contribution in [0.1, 0.15) is 34.2 Å². The zero-order valence-electron chi connectivity index (χ0n) is 20.0. The second-order valence-corrected chi connectivity index (χ2v) is 11.5. The largest absolute Gasteiger partial charge is 0.508 e. The molecule has 0 saturated carbocycles. The normalized spacial score (nSPS) is 21.1. The van der Waals surface area contributed by atoms with Crippen molar-refractivity contribution in [1.29, 1.82) is 0 Å². The maximum Gasteiger partial charge on any atom is 0.120 e. The van der Waals surface area contributed by atoms with E-state index in [1.807, 2.05) is 18.2 Å². The molecule has 1 heterocycles. The molecule has 5 rings (SSSR count). The number of nitrogens with zero attached hydrogens (tertiary/aromatic N) is 1. The molecule has 2 atom stereocenters. The maximum atomic E-state index is 11.1. The van der Waals surface area contributed by atoms with Gasteiger partial charge in [-0.1, -0.05) is 96.6 Å². The van der Waals surface area contributed by atoms with Crippen LogP contribution in [0.2, 0.25) is 0 Å². The van der Waals surface area contributed by atoms with Gasteiger partial charge in [-0.15, -0.1) is 0 Å². The van der Waals surface area contributed by atoms with E-state index in [0.29, 0.717) is 5.75 Å². The Morgan fingerprint density at radius 1 is 0.765 bits per heavy atom. The van der Waals surface area contributed by atoms with E-state index in [1.54, 1.807) is 0 Å². The number of para-hydroxylation sites is 1. The number of aliphatic imine (C=N–C) groups is 1. The third-order valence-electron chi connectivity index (χ3n) is 6.90. The second-order valence-electron chi connectivity index (χ2n) is 9.21. The first-order valence-corrected chi connectivity index (χ1v) is 13.4. The molecule has 0 bridgehead atoms. The van der Waals surface area contributed by atoms with E-state index in [2.05, 4.69) is 99.6 Å². The number of phenols is 1. The van der Waals surface area contributed by atoms with Crippen LogP contribution in [0, 0.1) is 20.8 Å². The highest BCUT2D eigenvalue weighted by Crippen LogP contribution is 2.59. The van der Waals surface area contributed by atoms with Gasteiger partial charge in [-0.05, 0) is 69.3 Å². The van der Waals surface area contributed by atoms with Crippen molar-refractivity contribution in [3.63, 3.8) is 0 Å². The smallest absolute Gasteiger partial charge is 0.120 e. The van der Waals surface area contributed by atoms with Crippen molar-refractivity contribution in [3.05, 3.63) is 125 Å². The van der Waals surface area contributed by atoms with Gasteiger partial charge in [0, 0.05) is 5.56 Å². The first-order valence-electron chi connectivity index (χ1n) is 11.8. The summed E-state index contributed by atoms with van der Waals surface area (Å²) in [5.74, 6) is 0.335. The van der Waals surface area contributed by atoms with Crippen molar-refractivity contribution in [2.45, 2.75) is 32.6 Å². The van der Waals surface area contributed by atoms with Gasteiger partial charge in [0.1, 0.15) is 5.75 Å². The molecule has 1 saturated heterocycles. The van der Waals surface area contributed by atoms with E-state index in [4.69, 9.17) is 4.99 Å². The number of hydrogen-bond donors (Lipinski definition) is 1. The van der Waals surface area contributed by atoms with Crippen LogP contribution in [0.5, 0.6) is 5.75 Å². The van der Waals surface area contributed by atoms with Gasteiger partial charge in [0.05, 0.1) is 16.6 Å². The minimum absolute atomic E-state index is 0.335. The van der Waals surface area contributed by atoms with Crippen molar-refractivity contribution in [3.8, 4) is 5.75 Å². The SMILES string of the molecule is Cc1cc(C)c(N=C2P(c3ccccc3)CCC2(c2ccccc2)c2ccccc2O)c(C)c1. The van der Waals surface area contributed by atoms with E-state index in [0.717, 1.165) is 23.8 Å². The standard InChI is InChI=1S/C31H30NOP/c1-22-20-23(2)29(24(3)21-22)32-30-31(25-12-6-4-7-13-25,27-16-10-11-17-28(27)33)18-19-34(30)26-14-8-5-9-15-26/h4-17,20-21,33H,18-19H2,1-3H3. The lowest BCUT2D eigenvalue weighted by molar-refractivity contribution is 0.458.